The number of carbonyl (C=O) groups excluding carboxylic acids is 5. The minimum Gasteiger partial charge on any atom is -0.479 e. The minimum absolute atomic E-state index is 0.0463. The topological polar surface area (TPSA) is 316 Å². The molecule has 680 valence electrons. The van der Waals surface area contributed by atoms with Crippen LogP contribution in [0.2, 0.25) is 15.1 Å². The lowest BCUT2D eigenvalue weighted by atomic mass is 9.91. The number of hydrogen-bond acceptors (Lipinski definition) is 20. The van der Waals surface area contributed by atoms with Gasteiger partial charge in [0.05, 0.1) is 77.2 Å². The molecule has 0 radical (unpaired) electrons. The van der Waals surface area contributed by atoms with E-state index >= 15 is 0 Å². The molecule has 9 aromatic carbocycles. The number of halogens is 4. The Morgan fingerprint density at radius 1 is 0.435 bits per heavy atom. The highest BCUT2D eigenvalue weighted by molar-refractivity contribution is 9.10. The van der Waals surface area contributed by atoms with E-state index in [4.69, 9.17) is 73.4 Å². The number of ether oxygens (including phenoxy) is 5. The molecule has 0 aliphatic carbocycles. The molecule has 0 unspecified atom stereocenters. The van der Waals surface area contributed by atoms with E-state index in [1.54, 1.807) is 67.8 Å². The summed E-state index contributed by atoms with van der Waals surface area (Å²) in [5.41, 5.74) is 16.0. The van der Waals surface area contributed by atoms with Crippen molar-refractivity contribution in [2.24, 2.45) is 21.1 Å². The number of thiazole rings is 3. The number of esters is 2. The van der Waals surface area contributed by atoms with Crippen molar-refractivity contribution in [3.63, 3.8) is 0 Å². The van der Waals surface area contributed by atoms with Gasteiger partial charge in [0, 0.05) is 142 Å². The number of amides is 6. The minimum atomic E-state index is -1.19. The second kappa shape index (κ2) is 38.4. The Kier molecular flexibility index (Phi) is 27.6. The van der Waals surface area contributed by atoms with Gasteiger partial charge in [-0.3, -0.25) is 23.8 Å². The molecule has 34 heteroatoms. The van der Waals surface area contributed by atoms with Crippen LogP contribution in [-0.4, -0.2) is 155 Å². The lowest BCUT2D eigenvalue weighted by Crippen LogP contribution is -2.29. The number of fused-ring (bicyclic) bond motifs is 6. The van der Waals surface area contributed by atoms with E-state index in [9.17, 15) is 33.9 Å². The second-order valence-corrected chi connectivity index (χ2v) is 39.8. The van der Waals surface area contributed by atoms with E-state index in [1.165, 1.54) is 11.3 Å². The Hall–Kier alpha value is -11.5. The summed E-state index contributed by atoms with van der Waals surface area (Å²) in [5.74, 6) is -0.689. The lowest BCUT2D eigenvalue weighted by molar-refractivity contribution is -0.167. The largest absolute Gasteiger partial charge is 0.479 e. The van der Waals surface area contributed by atoms with Crippen LogP contribution in [0.25, 0.3) is 128 Å². The highest BCUT2D eigenvalue weighted by Crippen LogP contribution is 2.50. The third-order valence-electron chi connectivity index (χ3n) is 21.7. The predicted octanol–water partition coefficient (Wildman–Crippen LogP) is 22.3. The van der Waals surface area contributed by atoms with Crippen LogP contribution in [0.4, 0.5) is 26.0 Å². The molecule has 3 saturated heterocycles. The zero-order chi connectivity index (χ0) is 93.7. The summed E-state index contributed by atoms with van der Waals surface area (Å²) >= 11 is 27.0. The van der Waals surface area contributed by atoms with E-state index in [2.05, 4.69) is 70.7 Å². The van der Waals surface area contributed by atoms with Crippen molar-refractivity contribution in [3.05, 3.63) is 199 Å². The number of aromatic nitrogens is 9. The Morgan fingerprint density at radius 2 is 0.740 bits per heavy atom. The maximum atomic E-state index is 13.4. The fourth-order valence-electron chi connectivity index (χ4n) is 16.2. The quantitative estimate of drug-likeness (QED) is 0.0470. The molecule has 3 atom stereocenters. The van der Waals surface area contributed by atoms with Gasteiger partial charge in [0.2, 0.25) is 0 Å². The molecule has 131 heavy (non-hydrogen) atoms. The summed E-state index contributed by atoms with van der Waals surface area (Å²) < 4.78 is 38.9. The summed E-state index contributed by atoms with van der Waals surface area (Å²) in [5, 5.41) is 42.0. The first kappa shape index (κ1) is 94.2. The molecule has 0 bridgehead atoms. The highest BCUT2D eigenvalue weighted by Gasteiger charge is 2.39. The van der Waals surface area contributed by atoms with Gasteiger partial charge in [0.25, 0.3) is 0 Å². The summed E-state index contributed by atoms with van der Waals surface area (Å²) in [6, 6.07) is 46.5. The maximum Gasteiger partial charge on any atom is 0.339 e. The second-order valence-electron chi connectivity index (χ2n) is 34.7. The first-order valence-corrected chi connectivity index (χ1v) is 47.0. The zero-order valence-corrected chi connectivity index (χ0v) is 81.6. The number of hydrogen-bond donors (Lipinski definition) is 5. The summed E-state index contributed by atoms with van der Waals surface area (Å²) in [4.78, 5) is 92.8. The third-order valence-corrected chi connectivity index (χ3v) is 26.5. The number of benzene rings is 9. The lowest BCUT2D eigenvalue weighted by Gasteiger charge is -2.29. The van der Waals surface area contributed by atoms with Crippen LogP contribution in [0.15, 0.2) is 150 Å². The molecule has 0 spiro atoms. The number of carbonyl (C=O) groups is 6. The Labute approximate surface area is 792 Å². The van der Waals surface area contributed by atoms with Gasteiger partial charge in [-0.05, 0) is 255 Å². The number of nitrogens with zero attached hydrogens (tertiary/aromatic N) is 11. The molecule has 0 saturated carbocycles. The van der Waals surface area contributed by atoms with Gasteiger partial charge in [0.15, 0.2) is 29.9 Å². The van der Waals surface area contributed by atoms with Gasteiger partial charge >= 0.3 is 36.0 Å². The van der Waals surface area contributed by atoms with Crippen LogP contribution in [-0.2, 0) is 59.2 Å². The molecular formula is C97H99BrCl3N15O12S3. The molecular weight excluding hydrogens is 1850 g/mol. The van der Waals surface area contributed by atoms with E-state index in [1.807, 2.05) is 224 Å². The van der Waals surface area contributed by atoms with Crippen LogP contribution in [0.5, 0.6) is 0 Å². The number of nitrogens with one attached hydrogen (secondary N) is 4. The summed E-state index contributed by atoms with van der Waals surface area (Å²) in [6.07, 6.45) is -3.05. The fourth-order valence-corrected chi connectivity index (χ4v) is 20.5. The summed E-state index contributed by atoms with van der Waals surface area (Å²) in [7, 11) is 5.66. The maximum absolute atomic E-state index is 13.4. The Morgan fingerprint density at radius 3 is 1.04 bits per heavy atom. The first-order valence-electron chi connectivity index (χ1n) is 42.6. The number of anilines is 2. The average Bonchev–Trinajstić information content (AvgIpc) is 1.58. The number of carboxylic acids is 1. The normalized spacial score (nSPS) is 14.3. The van der Waals surface area contributed by atoms with Crippen LogP contribution in [0, 0.1) is 20.8 Å². The molecule has 18 rings (SSSR count). The highest BCUT2D eigenvalue weighted by atomic mass is 79.9. The zero-order valence-electron chi connectivity index (χ0n) is 75.3. The molecule has 6 aromatic heterocycles. The first-order chi connectivity index (χ1) is 62.2. The van der Waals surface area contributed by atoms with Crippen LogP contribution >= 0.6 is 84.7 Å². The smallest absolute Gasteiger partial charge is 0.339 e. The van der Waals surface area contributed by atoms with Crippen molar-refractivity contribution in [3.8, 4) is 65.1 Å². The van der Waals surface area contributed by atoms with Crippen LogP contribution < -0.4 is 31.1 Å². The van der Waals surface area contributed by atoms with Crippen molar-refractivity contribution < 1.29 is 57.6 Å². The number of urea groups is 3. The van der Waals surface area contributed by atoms with E-state index in [-0.39, 0.29) is 31.3 Å². The van der Waals surface area contributed by atoms with Gasteiger partial charge < -0.3 is 50.1 Å². The summed E-state index contributed by atoms with van der Waals surface area (Å²) in [6.45, 7) is 30.9. The van der Waals surface area contributed by atoms with E-state index in [0.717, 1.165) is 174 Å². The number of carboxylic acid groups (broad SMARTS) is 1. The molecule has 6 amide bonds. The van der Waals surface area contributed by atoms with Gasteiger partial charge in [-0.2, -0.15) is 15.3 Å². The van der Waals surface area contributed by atoms with Crippen molar-refractivity contribution in [1.82, 2.24) is 65.6 Å². The van der Waals surface area contributed by atoms with Crippen LogP contribution in [0.3, 0.4) is 0 Å². The van der Waals surface area contributed by atoms with Crippen molar-refractivity contribution >= 4 is 196 Å². The Bertz CT molecular complexity index is 6960. The SMILES string of the molecule is CCOC(=O)[C@@H](OC(C)(C)C)c1c(C)cc2nc(-c3ccc4c(c3)c(Br)nn4C)sc2c1-c1ccc(Cl)cc1.CCOC(=O)[C@@H](OC(C)(C)C)c1c(C)cc2nc(-c3ccc4c(c3)c(N3CCNC3=O)nn4C)sc2c1-c1ccc(Cl)cc1.Cc1cc2nc(-c3ccc4c(c3)c(N3CCNC3=O)nn4C)sc2c(-c2ccc(Cl)cc2)c1[C@H](OC(C)(C)C)C(=O)O.O=C1NCCN1. The van der Waals surface area contributed by atoms with Crippen molar-refractivity contribution in [1.29, 1.82) is 0 Å². The third kappa shape index (κ3) is 20.3. The van der Waals surface area contributed by atoms with E-state index in [0.29, 0.717) is 58.4 Å². The predicted molar refractivity (Wildman–Crippen MR) is 526 cm³/mol. The molecule has 9 heterocycles. The number of aryl methyl sites for hydroxylation is 6. The van der Waals surface area contributed by atoms with Gasteiger partial charge in [-0.1, -0.05) is 71.2 Å². The Balaban J connectivity index is 0.000000146. The molecule has 15 aromatic rings. The fraction of sp³-hybridized carbons (Fsp3) is 0.320. The molecule has 3 fully saturated rings. The van der Waals surface area contributed by atoms with Gasteiger partial charge in [-0.15, -0.1) is 34.0 Å². The van der Waals surface area contributed by atoms with Gasteiger partial charge in [-0.25, -0.2) is 43.7 Å². The number of aliphatic carboxylic acids is 1. The molecule has 27 nitrogen and oxygen atoms in total. The standard InChI is InChI=1S/C33H34ClN5O4S.C31H30ClN5O4S.C30H29BrClN3O3S.C3H6N2O/c1-7-42-31(40)27(43-33(3,4)5)25-18(2)16-23-28(26(25)19-8-11-21(34)12-9-19)44-30(36-23)20-10-13-24-22(17-20)29(37-38(24)6)39-15-14-35-32(39)41;1-16-14-21-26(24(17-6-9-19(32)10-7-17)23(16)25(29(38)39)41-31(2,3)4)42-28(34-21)18-8-11-22-20(15-18)27(35-36(22)5)37-13-12-33-30(37)40;1-7-37-29(36)25(38-30(3,4)5)23-16(2)14-21-26(24(23)17-8-11-19(32)12-9-17)39-28(33-21)18-10-13-22-20(15-18)27(31)34-35(22)6;6-3-4-1-2-5-3/h8-13,16-17,27H,7,14-15H2,1-6H3,(H,35,41);6-11,14-15,25H,12-13H2,1-5H3,(H,33,40)(H,38,39);8-15,25H,7H2,1-6H3;1-2H2,(H2,4,5,6)/t27-;2*25-;/m000./s1. The van der Waals surface area contributed by atoms with E-state index < -0.39 is 53.0 Å². The average molecular weight is 1950 g/mol. The molecule has 5 N–H and O–H groups in total. The van der Waals surface area contributed by atoms with Crippen LogP contribution in [0.1, 0.15) is 128 Å². The van der Waals surface area contributed by atoms with Gasteiger partial charge in [0.1, 0.15) is 19.6 Å². The monoisotopic (exact) mass is 1950 g/mol. The molecule has 3 aliphatic heterocycles. The van der Waals surface area contributed by atoms with Crippen molar-refractivity contribution in [2.45, 2.75) is 132 Å². The molecule has 3 aliphatic rings. The number of rotatable bonds is 19. The van der Waals surface area contributed by atoms with Crippen molar-refractivity contribution in [2.75, 3.05) is 62.3 Å².